The second-order valence-corrected chi connectivity index (χ2v) is 4.92. The smallest absolute Gasteiger partial charge is 0.169 e. The highest BCUT2D eigenvalue weighted by Crippen LogP contribution is 2.23. The van der Waals surface area contributed by atoms with Gasteiger partial charge in [0.25, 0.3) is 0 Å². The van der Waals surface area contributed by atoms with Crippen molar-refractivity contribution in [2.75, 3.05) is 44.3 Å². The first kappa shape index (κ1) is 12.3. The lowest BCUT2D eigenvalue weighted by Gasteiger charge is -2.32. The summed E-state index contributed by atoms with van der Waals surface area (Å²) in [5, 5.41) is 17.1. The quantitative estimate of drug-likeness (QED) is 0.759. The summed E-state index contributed by atoms with van der Waals surface area (Å²) in [7, 11) is 0. The summed E-state index contributed by atoms with van der Waals surface area (Å²) in [6.07, 6.45) is 2.68. The van der Waals surface area contributed by atoms with Gasteiger partial charge in [0, 0.05) is 32.2 Å². The molecule has 0 spiro atoms. The van der Waals surface area contributed by atoms with Gasteiger partial charge in [-0.25, -0.2) is 0 Å². The van der Waals surface area contributed by atoms with Crippen molar-refractivity contribution in [1.82, 2.24) is 15.1 Å². The van der Waals surface area contributed by atoms with Crippen LogP contribution in [0.15, 0.2) is 12.3 Å². The van der Waals surface area contributed by atoms with Gasteiger partial charge in [-0.05, 0) is 12.5 Å². The van der Waals surface area contributed by atoms with Crippen molar-refractivity contribution in [3.8, 4) is 6.07 Å². The molecule has 0 saturated carbocycles. The van der Waals surface area contributed by atoms with Gasteiger partial charge in [0.05, 0.1) is 25.0 Å². The first-order valence-electron chi connectivity index (χ1n) is 6.67. The van der Waals surface area contributed by atoms with Crippen LogP contribution in [0, 0.1) is 11.3 Å². The molecule has 6 heteroatoms. The lowest BCUT2D eigenvalue weighted by atomic mass is 10.2. The van der Waals surface area contributed by atoms with Crippen molar-refractivity contribution < 1.29 is 4.74 Å². The van der Waals surface area contributed by atoms with Gasteiger partial charge in [0.2, 0.25) is 0 Å². The van der Waals surface area contributed by atoms with E-state index in [2.05, 4.69) is 26.1 Å². The number of rotatable bonds is 2. The number of aromatic nitrogens is 2. The molecule has 1 aromatic heterocycles. The van der Waals surface area contributed by atoms with E-state index in [4.69, 9.17) is 10.00 Å². The predicted molar refractivity (Wildman–Crippen MR) is 69.8 cm³/mol. The molecule has 1 atom stereocenters. The number of nitrogens with zero attached hydrogens (tertiary/aromatic N) is 5. The van der Waals surface area contributed by atoms with Crippen LogP contribution in [0.25, 0.3) is 0 Å². The standard InChI is InChI=1S/C13H17N5O/c14-9-11-1-3-15-16-13(11)18-4-2-12(10-18)17-5-7-19-8-6-17/h1,3,12H,2,4-8,10H2. The third-order valence-electron chi connectivity index (χ3n) is 3.85. The summed E-state index contributed by atoms with van der Waals surface area (Å²) in [5.74, 6) is 0.723. The zero-order valence-electron chi connectivity index (χ0n) is 10.8. The number of hydrogen-bond acceptors (Lipinski definition) is 6. The molecule has 0 radical (unpaired) electrons. The van der Waals surface area contributed by atoms with Crippen molar-refractivity contribution in [2.24, 2.45) is 0 Å². The molecule has 3 rings (SSSR count). The summed E-state index contributed by atoms with van der Waals surface area (Å²) >= 11 is 0. The van der Waals surface area contributed by atoms with Gasteiger partial charge in [0.1, 0.15) is 6.07 Å². The third-order valence-corrected chi connectivity index (χ3v) is 3.85. The number of ether oxygens (including phenoxy) is 1. The molecule has 2 aliphatic heterocycles. The fourth-order valence-corrected chi connectivity index (χ4v) is 2.82. The second kappa shape index (κ2) is 5.51. The van der Waals surface area contributed by atoms with Gasteiger partial charge in [-0.3, -0.25) is 4.90 Å². The summed E-state index contributed by atoms with van der Waals surface area (Å²) in [5.41, 5.74) is 0.609. The van der Waals surface area contributed by atoms with Crippen LogP contribution in [0.4, 0.5) is 5.82 Å². The minimum atomic E-state index is 0.539. The average molecular weight is 259 g/mol. The predicted octanol–water partition coefficient (Wildman–Crippen LogP) is 0.259. The normalized spacial score (nSPS) is 24.4. The Morgan fingerprint density at radius 2 is 2.16 bits per heavy atom. The molecule has 1 aromatic rings. The van der Waals surface area contributed by atoms with Crippen molar-refractivity contribution in [3.05, 3.63) is 17.8 Å². The number of hydrogen-bond donors (Lipinski definition) is 0. The van der Waals surface area contributed by atoms with Gasteiger partial charge >= 0.3 is 0 Å². The van der Waals surface area contributed by atoms with Gasteiger partial charge in [0.15, 0.2) is 5.82 Å². The minimum Gasteiger partial charge on any atom is -0.379 e. The van der Waals surface area contributed by atoms with Crippen LogP contribution >= 0.6 is 0 Å². The van der Waals surface area contributed by atoms with Crippen LogP contribution in [0.1, 0.15) is 12.0 Å². The molecule has 0 bridgehead atoms. The largest absolute Gasteiger partial charge is 0.379 e. The maximum absolute atomic E-state index is 9.12. The highest BCUT2D eigenvalue weighted by Gasteiger charge is 2.30. The fraction of sp³-hybridized carbons (Fsp3) is 0.615. The van der Waals surface area contributed by atoms with Crippen LogP contribution < -0.4 is 4.90 Å². The third kappa shape index (κ3) is 2.53. The monoisotopic (exact) mass is 259 g/mol. The molecular formula is C13H17N5O. The molecule has 3 heterocycles. The van der Waals surface area contributed by atoms with E-state index in [0.717, 1.165) is 51.6 Å². The molecular weight excluding hydrogens is 242 g/mol. The van der Waals surface area contributed by atoms with Crippen LogP contribution in [0.5, 0.6) is 0 Å². The molecule has 2 aliphatic rings. The van der Waals surface area contributed by atoms with E-state index in [1.54, 1.807) is 12.3 Å². The molecule has 2 fully saturated rings. The van der Waals surface area contributed by atoms with Gasteiger partial charge in [-0.1, -0.05) is 0 Å². The number of nitriles is 1. The van der Waals surface area contributed by atoms with E-state index >= 15 is 0 Å². The van der Waals surface area contributed by atoms with Crippen molar-refractivity contribution in [1.29, 1.82) is 5.26 Å². The summed E-state index contributed by atoms with van der Waals surface area (Å²) in [6.45, 7) is 5.52. The van der Waals surface area contributed by atoms with Crippen LogP contribution in [0.3, 0.4) is 0 Å². The first-order valence-corrected chi connectivity index (χ1v) is 6.67. The van der Waals surface area contributed by atoms with Gasteiger partial charge in [-0.2, -0.15) is 10.4 Å². The van der Waals surface area contributed by atoms with Gasteiger partial charge < -0.3 is 9.64 Å². The summed E-state index contributed by atoms with van der Waals surface area (Å²) in [4.78, 5) is 4.65. The van der Waals surface area contributed by atoms with Crippen molar-refractivity contribution in [2.45, 2.75) is 12.5 Å². The van der Waals surface area contributed by atoms with E-state index in [0.29, 0.717) is 11.6 Å². The van der Waals surface area contributed by atoms with E-state index in [1.165, 1.54) is 0 Å². The number of morpholine rings is 1. The molecule has 6 nitrogen and oxygen atoms in total. The van der Waals surface area contributed by atoms with E-state index in [1.807, 2.05) is 0 Å². The molecule has 0 N–H and O–H groups in total. The first-order chi connectivity index (χ1) is 9.38. The maximum Gasteiger partial charge on any atom is 0.169 e. The topological polar surface area (TPSA) is 65.3 Å². The SMILES string of the molecule is N#Cc1ccnnc1N1CCC(N2CCOCC2)C1. The Balaban J connectivity index is 1.70. The molecule has 2 saturated heterocycles. The molecule has 0 aliphatic carbocycles. The molecule has 1 unspecified atom stereocenters. The Hall–Kier alpha value is -1.71. The van der Waals surface area contributed by atoms with Gasteiger partial charge in [-0.15, -0.1) is 5.10 Å². The Kier molecular flexibility index (Phi) is 3.58. The van der Waals surface area contributed by atoms with Crippen molar-refractivity contribution in [3.63, 3.8) is 0 Å². The average Bonchev–Trinajstić information content (AvgIpc) is 2.98. The van der Waals surface area contributed by atoms with Crippen molar-refractivity contribution >= 4 is 5.82 Å². The molecule has 19 heavy (non-hydrogen) atoms. The Labute approximate surface area is 112 Å². The highest BCUT2D eigenvalue weighted by molar-refractivity contribution is 5.53. The van der Waals surface area contributed by atoms with E-state index in [-0.39, 0.29) is 0 Å². The Morgan fingerprint density at radius 1 is 1.32 bits per heavy atom. The summed E-state index contributed by atoms with van der Waals surface area (Å²) < 4.78 is 5.39. The van der Waals surface area contributed by atoms with E-state index < -0.39 is 0 Å². The molecule has 0 amide bonds. The van der Waals surface area contributed by atoms with E-state index in [9.17, 15) is 0 Å². The van der Waals surface area contributed by atoms with Crippen LogP contribution in [-0.2, 0) is 4.74 Å². The molecule has 0 aromatic carbocycles. The highest BCUT2D eigenvalue weighted by atomic mass is 16.5. The maximum atomic E-state index is 9.12. The number of anilines is 1. The fourth-order valence-electron chi connectivity index (χ4n) is 2.82. The zero-order chi connectivity index (χ0) is 13.1. The zero-order valence-corrected chi connectivity index (χ0v) is 10.8. The minimum absolute atomic E-state index is 0.539. The lowest BCUT2D eigenvalue weighted by Crippen LogP contribution is -2.44. The van der Waals surface area contributed by atoms with Crippen LogP contribution in [-0.4, -0.2) is 60.5 Å². The Morgan fingerprint density at radius 3 is 2.95 bits per heavy atom. The van der Waals surface area contributed by atoms with Crippen LogP contribution in [0.2, 0.25) is 0 Å². The molecule has 100 valence electrons. The Bertz CT molecular complexity index is 480. The summed E-state index contributed by atoms with van der Waals surface area (Å²) in [6, 6.07) is 4.45. The second-order valence-electron chi connectivity index (χ2n) is 4.92. The lowest BCUT2D eigenvalue weighted by molar-refractivity contribution is 0.0209.